The molecule has 3 heterocycles. The zero-order valence-corrected chi connectivity index (χ0v) is 10.5. The lowest BCUT2D eigenvalue weighted by atomic mass is 10.3. The summed E-state index contributed by atoms with van der Waals surface area (Å²) < 4.78 is 8.11. The van der Waals surface area contributed by atoms with E-state index in [0.29, 0.717) is 0 Å². The molecule has 1 aliphatic rings. The Labute approximate surface area is 108 Å². The SMILES string of the molecule is S=c1c2c(nc3cc(-c4ccco4)[nH]n13)CCC2. The van der Waals surface area contributed by atoms with Crippen molar-refractivity contribution in [2.24, 2.45) is 0 Å². The lowest BCUT2D eigenvalue weighted by molar-refractivity contribution is 0.579. The van der Waals surface area contributed by atoms with E-state index < -0.39 is 0 Å². The zero-order chi connectivity index (χ0) is 12.1. The van der Waals surface area contributed by atoms with E-state index >= 15 is 0 Å². The number of fused-ring (bicyclic) bond motifs is 2. The van der Waals surface area contributed by atoms with Crippen molar-refractivity contribution in [3.63, 3.8) is 0 Å². The van der Waals surface area contributed by atoms with Crippen molar-refractivity contribution in [1.29, 1.82) is 0 Å². The first-order valence-corrected chi connectivity index (χ1v) is 6.41. The predicted molar refractivity (Wildman–Crippen MR) is 70.1 cm³/mol. The van der Waals surface area contributed by atoms with Gasteiger partial charge < -0.3 is 4.42 Å². The number of furan rings is 1. The third-order valence-corrected chi connectivity index (χ3v) is 3.85. The van der Waals surface area contributed by atoms with Crippen LogP contribution in [0, 0.1) is 4.64 Å². The van der Waals surface area contributed by atoms with E-state index in [2.05, 4.69) is 10.1 Å². The van der Waals surface area contributed by atoms with Gasteiger partial charge in [0, 0.05) is 17.3 Å². The topological polar surface area (TPSA) is 46.2 Å². The maximum Gasteiger partial charge on any atom is 0.155 e. The van der Waals surface area contributed by atoms with Crippen LogP contribution in [0.15, 0.2) is 28.9 Å². The highest BCUT2D eigenvalue weighted by Crippen LogP contribution is 2.25. The maximum atomic E-state index is 5.52. The summed E-state index contributed by atoms with van der Waals surface area (Å²) in [6, 6.07) is 5.77. The van der Waals surface area contributed by atoms with Crippen molar-refractivity contribution in [2.45, 2.75) is 19.3 Å². The molecule has 0 bridgehead atoms. The molecule has 0 aliphatic heterocycles. The van der Waals surface area contributed by atoms with Crippen molar-refractivity contribution in [1.82, 2.24) is 14.6 Å². The van der Waals surface area contributed by atoms with Crippen molar-refractivity contribution in [2.75, 3.05) is 0 Å². The molecule has 90 valence electrons. The average molecular weight is 257 g/mol. The molecule has 0 saturated heterocycles. The molecule has 5 heteroatoms. The van der Waals surface area contributed by atoms with E-state index in [9.17, 15) is 0 Å². The van der Waals surface area contributed by atoms with Crippen LogP contribution in [0.2, 0.25) is 0 Å². The Balaban J connectivity index is 2.02. The quantitative estimate of drug-likeness (QED) is 0.681. The monoisotopic (exact) mass is 257 g/mol. The standard InChI is InChI=1S/C13H11N3OS/c18-13-8-3-1-4-9(8)14-12-7-10(15-16(12)13)11-5-2-6-17-11/h2,5-7,15H,1,3-4H2. The highest BCUT2D eigenvalue weighted by Gasteiger charge is 2.17. The largest absolute Gasteiger partial charge is 0.463 e. The van der Waals surface area contributed by atoms with Crippen LogP contribution in [0.3, 0.4) is 0 Å². The fourth-order valence-electron chi connectivity index (χ4n) is 2.55. The van der Waals surface area contributed by atoms with Gasteiger partial charge in [0.15, 0.2) is 11.4 Å². The van der Waals surface area contributed by atoms with E-state index in [0.717, 1.165) is 46.7 Å². The first-order chi connectivity index (χ1) is 8.83. The summed E-state index contributed by atoms with van der Waals surface area (Å²) in [6.45, 7) is 0. The fraction of sp³-hybridized carbons (Fsp3) is 0.231. The zero-order valence-electron chi connectivity index (χ0n) is 9.64. The third-order valence-electron chi connectivity index (χ3n) is 3.42. The molecular weight excluding hydrogens is 246 g/mol. The first-order valence-electron chi connectivity index (χ1n) is 6.00. The first kappa shape index (κ1) is 10.1. The lowest BCUT2D eigenvalue weighted by Gasteiger charge is -2.00. The van der Waals surface area contributed by atoms with Gasteiger partial charge in [0.2, 0.25) is 0 Å². The third kappa shape index (κ3) is 1.31. The van der Waals surface area contributed by atoms with Gasteiger partial charge in [-0.15, -0.1) is 0 Å². The van der Waals surface area contributed by atoms with E-state index in [4.69, 9.17) is 16.6 Å². The van der Waals surface area contributed by atoms with Gasteiger partial charge in [-0.3, -0.25) is 5.10 Å². The van der Waals surface area contributed by atoms with Gasteiger partial charge in [0.25, 0.3) is 0 Å². The van der Waals surface area contributed by atoms with Crippen molar-refractivity contribution in [3.05, 3.63) is 40.4 Å². The average Bonchev–Trinajstić information content (AvgIpc) is 3.08. The Morgan fingerprint density at radius 2 is 2.33 bits per heavy atom. The summed E-state index contributed by atoms with van der Waals surface area (Å²) in [5.74, 6) is 0.801. The van der Waals surface area contributed by atoms with E-state index in [1.165, 1.54) is 5.56 Å². The number of aromatic nitrogens is 3. The highest BCUT2D eigenvalue weighted by atomic mass is 32.1. The molecule has 4 rings (SSSR count). The minimum atomic E-state index is 0.801. The second-order valence-corrected chi connectivity index (χ2v) is 4.92. The Bertz CT molecular complexity index is 783. The number of rotatable bonds is 1. The van der Waals surface area contributed by atoms with Crippen LogP contribution in [0.1, 0.15) is 17.7 Å². The van der Waals surface area contributed by atoms with Crippen LogP contribution in [-0.2, 0) is 12.8 Å². The molecule has 1 aliphatic carbocycles. The summed E-state index contributed by atoms with van der Waals surface area (Å²) in [5.41, 5.74) is 4.15. The minimum absolute atomic E-state index is 0.801. The van der Waals surface area contributed by atoms with Gasteiger partial charge in [0.05, 0.1) is 6.26 Å². The summed E-state index contributed by atoms with van der Waals surface area (Å²) in [5, 5.41) is 3.25. The molecule has 3 aromatic heterocycles. The molecule has 0 saturated carbocycles. The molecule has 0 amide bonds. The fourth-order valence-corrected chi connectivity index (χ4v) is 2.91. The normalized spacial score (nSPS) is 14.2. The Morgan fingerprint density at radius 3 is 3.17 bits per heavy atom. The van der Waals surface area contributed by atoms with Crippen LogP contribution in [0.4, 0.5) is 0 Å². The van der Waals surface area contributed by atoms with Crippen LogP contribution in [0.25, 0.3) is 17.1 Å². The molecule has 4 nitrogen and oxygen atoms in total. The molecule has 1 N–H and O–H groups in total. The van der Waals surface area contributed by atoms with Crippen LogP contribution >= 0.6 is 12.2 Å². The Morgan fingerprint density at radius 1 is 1.39 bits per heavy atom. The van der Waals surface area contributed by atoms with Gasteiger partial charge in [-0.25, -0.2) is 9.50 Å². The molecule has 0 fully saturated rings. The summed E-state index contributed by atoms with van der Waals surface area (Å²) >= 11 is 5.52. The second-order valence-electron chi connectivity index (χ2n) is 4.54. The molecule has 0 aromatic carbocycles. The van der Waals surface area contributed by atoms with Gasteiger partial charge in [0.1, 0.15) is 10.3 Å². The number of aromatic amines is 1. The molecule has 0 atom stereocenters. The summed E-state index contributed by atoms with van der Waals surface area (Å²) in [4.78, 5) is 4.67. The van der Waals surface area contributed by atoms with Gasteiger partial charge in [-0.2, -0.15) is 0 Å². The molecule has 0 unspecified atom stereocenters. The number of aryl methyl sites for hydroxylation is 1. The number of hydrogen-bond donors (Lipinski definition) is 1. The minimum Gasteiger partial charge on any atom is -0.463 e. The predicted octanol–water partition coefficient (Wildman–Crippen LogP) is 3.14. The Hall–Kier alpha value is -1.88. The van der Waals surface area contributed by atoms with Crippen LogP contribution in [0.5, 0.6) is 0 Å². The number of H-pyrrole nitrogens is 1. The highest BCUT2D eigenvalue weighted by molar-refractivity contribution is 7.71. The molecule has 3 aromatic rings. The molecular formula is C13H11N3OS. The van der Waals surface area contributed by atoms with E-state index in [1.807, 2.05) is 22.7 Å². The summed E-state index contributed by atoms with van der Waals surface area (Å²) in [7, 11) is 0. The second kappa shape index (κ2) is 3.55. The molecule has 0 radical (unpaired) electrons. The van der Waals surface area contributed by atoms with Crippen molar-refractivity contribution >= 4 is 17.9 Å². The van der Waals surface area contributed by atoms with Gasteiger partial charge in [-0.05, 0) is 31.4 Å². The van der Waals surface area contributed by atoms with Crippen molar-refractivity contribution < 1.29 is 4.42 Å². The van der Waals surface area contributed by atoms with Gasteiger partial charge in [-0.1, -0.05) is 12.2 Å². The van der Waals surface area contributed by atoms with Crippen molar-refractivity contribution in [3.8, 4) is 11.5 Å². The van der Waals surface area contributed by atoms with Crippen LogP contribution in [-0.4, -0.2) is 14.6 Å². The van der Waals surface area contributed by atoms with Crippen LogP contribution < -0.4 is 0 Å². The smallest absolute Gasteiger partial charge is 0.155 e. The number of nitrogens with one attached hydrogen (secondary N) is 1. The number of hydrogen-bond acceptors (Lipinski definition) is 3. The lowest BCUT2D eigenvalue weighted by Crippen LogP contribution is -1.98. The maximum absolute atomic E-state index is 5.52. The Kier molecular flexibility index (Phi) is 1.99. The van der Waals surface area contributed by atoms with E-state index in [-0.39, 0.29) is 0 Å². The van der Waals surface area contributed by atoms with E-state index in [1.54, 1.807) is 6.26 Å². The molecule has 18 heavy (non-hydrogen) atoms. The number of nitrogens with zero attached hydrogens (tertiary/aromatic N) is 2. The molecule has 0 spiro atoms. The van der Waals surface area contributed by atoms with Gasteiger partial charge >= 0.3 is 0 Å². The summed E-state index contributed by atoms with van der Waals surface area (Å²) in [6.07, 6.45) is 4.90.